The molecule has 1 aliphatic heterocycles. The summed E-state index contributed by atoms with van der Waals surface area (Å²) in [5.41, 5.74) is 9.19. The third-order valence-corrected chi connectivity index (χ3v) is 3.62. The molecular formula is C16H16N2O2. The number of methoxy groups -OCH3 is 1. The lowest BCUT2D eigenvalue weighted by Crippen LogP contribution is -2.38. The van der Waals surface area contributed by atoms with Crippen LogP contribution in [0.1, 0.15) is 15.9 Å². The Hall–Kier alpha value is -2.49. The molecule has 0 aromatic heterocycles. The normalized spacial score (nSPS) is 14.1. The number of anilines is 2. The number of hydrogen-bond acceptors (Lipinski definition) is 3. The Balaban J connectivity index is 1.99. The van der Waals surface area contributed by atoms with E-state index in [0.717, 1.165) is 23.2 Å². The first-order chi connectivity index (χ1) is 9.70. The average Bonchev–Trinajstić information content (AvgIpc) is 2.48. The maximum atomic E-state index is 12.6. The summed E-state index contributed by atoms with van der Waals surface area (Å²) in [6.45, 7) is 0.645. The van der Waals surface area contributed by atoms with Crippen LogP contribution >= 0.6 is 0 Å². The van der Waals surface area contributed by atoms with Gasteiger partial charge in [0.25, 0.3) is 5.91 Å². The van der Waals surface area contributed by atoms with Crippen molar-refractivity contribution in [2.45, 2.75) is 6.42 Å². The van der Waals surface area contributed by atoms with E-state index >= 15 is 0 Å². The number of carbonyl (C=O) groups is 1. The highest BCUT2D eigenvalue weighted by atomic mass is 16.5. The Labute approximate surface area is 117 Å². The van der Waals surface area contributed by atoms with Crippen LogP contribution in [0.2, 0.25) is 0 Å². The van der Waals surface area contributed by atoms with E-state index in [2.05, 4.69) is 0 Å². The van der Waals surface area contributed by atoms with E-state index in [1.807, 2.05) is 36.4 Å². The Morgan fingerprint density at radius 2 is 2.00 bits per heavy atom. The van der Waals surface area contributed by atoms with Crippen molar-refractivity contribution in [2.75, 3.05) is 24.3 Å². The molecule has 0 saturated heterocycles. The van der Waals surface area contributed by atoms with Gasteiger partial charge in [0.15, 0.2) is 0 Å². The third-order valence-electron chi connectivity index (χ3n) is 3.62. The second-order valence-electron chi connectivity index (χ2n) is 4.79. The van der Waals surface area contributed by atoms with Gasteiger partial charge in [-0.1, -0.05) is 18.2 Å². The molecule has 1 heterocycles. The second kappa shape index (κ2) is 4.89. The zero-order valence-electron chi connectivity index (χ0n) is 11.3. The van der Waals surface area contributed by atoms with Gasteiger partial charge in [-0.2, -0.15) is 0 Å². The molecule has 102 valence electrons. The predicted molar refractivity (Wildman–Crippen MR) is 79.2 cm³/mol. The summed E-state index contributed by atoms with van der Waals surface area (Å²) in [5.74, 6) is 0.694. The molecule has 0 bridgehead atoms. The number of hydrogen-bond donors (Lipinski definition) is 1. The quantitative estimate of drug-likeness (QED) is 0.851. The highest BCUT2D eigenvalue weighted by molar-refractivity contribution is 6.09. The minimum Gasteiger partial charge on any atom is -0.497 e. The van der Waals surface area contributed by atoms with Gasteiger partial charge in [0.05, 0.1) is 18.5 Å². The molecule has 0 unspecified atom stereocenters. The van der Waals surface area contributed by atoms with E-state index in [4.69, 9.17) is 10.5 Å². The van der Waals surface area contributed by atoms with Crippen LogP contribution in [0, 0.1) is 0 Å². The van der Waals surface area contributed by atoms with Crippen LogP contribution in [0.15, 0.2) is 42.5 Å². The first kappa shape index (κ1) is 12.5. The number of nitrogens with two attached hydrogens (primary N) is 1. The van der Waals surface area contributed by atoms with Crippen LogP contribution in [0.3, 0.4) is 0 Å². The first-order valence-electron chi connectivity index (χ1n) is 6.54. The van der Waals surface area contributed by atoms with Gasteiger partial charge in [0, 0.05) is 18.2 Å². The SMILES string of the molecule is COc1ccc(N2CCc3ccccc3C2=O)c(N)c1. The van der Waals surface area contributed by atoms with Gasteiger partial charge in [0.1, 0.15) is 5.75 Å². The van der Waals surface area contributed by atoms with Crippen molar-refractivity contribution in [3.8, 4) is 5.75 Å². The summed E-state index contributed by atoms with van der Waals surface area (Å²) in [5, 5.41) is 0. The zero-order chi connectivity index (χ0) is 14.1. The maximum absolute atomic E-state index is 12.6. The van der Waals surface area contributed by atoms with Gasteiger partial charge in [-0.15, -0.1) is 0 Å². The summed E-state index contributed by atoms with van der Waals surface area (Å²) in [7, 11) is 1.59. The molecule has 1 amide bonds. The van der Waals surface area contributed by atoms with Crippen molar-refractivity contribution in [1.29, 1.82) is 0 Å². The Bertz CT molecular complexity index is 667. The number of ether oxygens (including phenoxy) is 1. The van der Waals surface area contributed by atoms with E-state index in [0.29, 0.717) is 18.0 Å². The fourth-order valence-corrected chi connectivity index (χ4v) is 2.56. The van der Waals surface area contributed by atoms with Crippen LogP contribution in [0.4, 0.5) is 11.4 Å². The van der Waals surface area contributed by atoms with E-state index in [-0.39, 0.29) is 5.91 Å². The van der Waals surface area contributed by atoms with Crippen LogP contribution in [-0.2, 0) is 6.42 Å². The molecule has 20 heavy (non-hydrogen) atoms. The molecule has 2 N–H and O–H groups in total. The van der Waals surface area contributed by atoms with Crippen molar-refractivity contribution in [1.82, 2.24) is 0 Å². The largest absolute Gasteiger partial charge is 0.497 e. The first-order valence-corrected chi connectivity index (χ1v) is 6.54. The summed E-state index contributed by atoms with van der Waals surface area (Å²) >= 11 is 0. The van der Waals surface area contributed by atoms with Crippen LogP contribution in [0.25, 0.3) is 0 Å². The molecule has 4 nitrogen and oxygen atoms in total. The van der Waals surface area contributed by atoms with Gasteiger partial charge in [-0.25, -0.2) is 0 Å². The highest BCUT2D eigenvalue weighted by Gasteiger charge is 2.26. The number of carbonyl (C=O) groups excluding carboxylic acids is 1. The molecule has 3 rings (SSSR count). The van der Waals surface area contributed by atoms with E-state index < -0.39 is 0 Å². The summed E-state index contributed by atoms with van der Waals surface area (Å²) in [4.78, 5) is 14.3. The average molecular weight is 268 g/mol. The lowest BCUT2D eigenvalue weighted by molar-refractivity contribution is 0.0981. The fraction of sp³-hybridized carbons (Fsp3) is 0.188. The third kappa shape index (κ3) is 1.99. The molecule has 0 aliphatic carbocycles. The minimum atomic E-state index is 0.00344. The summed E-state index contributed by atoms with van der Waals surface area (Å²) in [6, 6.07) is 13.1. The van der Waals surface area contributed by atoms with E-state index in [1.165, 1.54) is 0 Å². The lowest BCUT2D eigenvalue weighted by atomic mass is 9.98. The molecule has 0 spiro atoms. The van der Waals surface area contributed by atoms with Crippen molar-refractivity contribution in [2.24, 2.45) is 0 Å². The Morgan fingerprint density at radius 3 is 2.75 bits per heavy atom. The number of rotatable bonds is 2. The van der Waals surface area contributed by atoms with Crippen molar-refractivity contribution >= 4 is 17.3 Å². The highest BCUT2D eigenvalue weighted by Crippen LogP contribution is 2.31. The van der Waals surface area contributed by atoms with Gasteiger partial charge in [-0.05, 0) is 30.2 Å². The van der Waals surface area contributed by atoms with Gasteiger partial charge in [-0.3, -0.25) is 4.79 Å². The number of benzene rings is 2. The van der Waals surface area contributed by atoms with Gasteiger partial charge < -0.3 is 15.4 Å². The van der Waals surface area contributed by atoms with Gasteiger partial charge in [0.2, 0.25) is 0 Å². The lowest BCUT2D eigenvalue weighted by Gasteiger charge is -2.29. The number of nitrogens with zero attached hydrogens (tertiary/aromatic N) is 1. The Kier molecular flexibility index (Phi) is 3.06. The molecule has 0 fully saturated rings. The molecular weight excluding hydrogens is 252 g/mol. The molecule has 0 atom stereocenters. The van der Waals surface area contributed by atoms with E-state index in [1.54, 1.807) is 18.1 Å². The number of nitrogen functional groups attached to an aromatic ring is 1. The summed E-state index contributed by atoms with van der Waals surface area (Å²) < 4.78 is 5.14. The minimum absolute atomic E-state index is 0.00344. The van der Waals surface area contributed by atoms with Crippen LogP contribution in [-0.4, -0.2) is 19.6 Å². The molecule has 0 saturated carbocycles. The molecule has 0 radical (unpaired) electrons. The smallest absolute Gasteiger partial charge is 0.258 e. The molecule has 2 aromatic carbocycles. The van der Waals surface area contributed by atoms with E-state index in [9.17, 15) is 4.79 Å². The molecule has 1 aliphatic rings. The standard InChI is InChI=1S/C16H16N2O2/c1-20-12-6-7-15(14(17)10-12)18-9-8-11-4-2-3-5-13(11)16(18)19/h2-7,10H,8-9,17H2,1H3. The number of amides is 1. The monoisotopic (exact) mass is 268 g/mol. The predicted octanol–water partition coefficient (Wildman–Crippen LogP) is 2.48. The van der Waals surface area contributed by atoms with Crippen molar-refractivity contribution < 1.29 is 9.53 Å². The fourth-order valence-electron chi connectivity index (χ4n) is 2.56. The zero-order valence-corrected chi connectivity index (χ0v) is 11.3. The van der Waals surface area contributed by atoms with Crippen LogP contribution < -0.4 is 15.4 Å². The second-order valence-corrected chi connectivity index (χ2v) is 4.79. The van der Waals surface area contributed by atoms with Crippen molar-refractivity contribution in [3.63, 3.8) is 0 Å². The van der Waals surface area contributed by atoms with Crippen molar-refractivity contribution in [3.05, 3.63) is 53.6 Å². The number of fused-ring (bicyclic) bond motifs is 1. The molecule has 4 heteroatoms. The summed E-state index contributed by atoms with van der Waals surface area (Å²) in [6.07, 6.45) is 0.841. The Morgan fingerprint density at radius 1 is 1.20 bits per heavy atom. The topological polar surface area (TPSA) is 55.6 Å². The van der Waals surface area contributed by atoms with Crippen LogP contribution in [0.5, 0.6) is 5.75 Å². The maximum Gasteiger partial charge on any atom is 0.258 e. The molecule has 2 aromatic rings. The van der Waals surface area contributed by atoms with Gasteiger partial charge >= 0.3 is 0 Å².